The van der Waals surface area contributed by atoms with Crippen molar-refractivity contribution < 1.29 is 57.9 Å². The predicted molar refractivity (Wildman–Crippen MR) is 141 cm³/mol. The summed E-state index contributed by atoms with van der Waals surface area (Å²) in [5.41, 5.74) is -1.05. The largest absolute Gasteiger partial charge is 1.00 e. The van der Waals surface area contributed by atoms with Crippen LogP contribution >= 0.6 is 0 Å². The minimum absolute atomic E-state index is 0. The van der Waals surface area contributed by atoms with Crippen molar-refractivity contribution in [2.75, 3.05) is 19.1 Å². The molecule has 210 valence electrons. The zero-order chi connectivity index (χ0) is 27.4. The van der Waals surface area contributed by atoms with Gasteiger partial charge in [0.1, 0.15) is 22.5 Å². The summed E-state index contributed by atoms with van der Waals surface area (Å²) >= 11 is 0. The van der Waals surface area contributed by atoms with E-state index in [2.05, 4.69) is 21.7 Å². The molecule has 0 amide bonds. The second-order valence-corrected chi connectivity index (χ2v) is 8.39. The lowest BCUT2D eigenvalue weighted by Crippen LogP contribution is -3.00. The Kier molecular flexibility index (Phi) is 16.8. The molecule has 4 N–H and O–H groups in total. The van der Waals surface area contributed by atoms with Crippen LogP contribution in [0.1, 0.15) is 65.0 Å². The normalized spacial score (nSPS) is 10.0. The first kappa shape index (κ1) is 36.9. The summed E-state index contributed by atoms with van der Waals surface area (Å²) in [6, 6.07) is 11.1. The minimum Gasteiger partial charge on any atom is -1.00 e. The van der Waals surface area contributed by atoms with Crippen molar-refractivity contribution >= 4 is 17.5 Å². The lowest BCUT2D eigenvalue weighted by molar-refractivity contribution is -0.638. The van der Waals surface area contributed by atoms with E-state index in [-0.39, 0.29) is 38.0 Å². The molecule has 3 aromatic heterocycles. The molecule has 0 saturated heterocycles. The molecule has 38 heavy (non-hydrogen) atoms. The molecule has 10 nitrogen and oxygen atoms in total. The Morgan fingerprint density at radius 3 is 2.05 bits per heavy atom. The van der Waals surface area contributed by atoms with Gasteiger partial charge in [0.05, 0.1) is 18.7 Å². The number of fused-ring (bicyclic) bond motifs is 1. The van der Waals surface area contributed by atoms with Crippen LogP contribution in [0, 0.1) is 11.8 Å². The lowest BCUT2D eigenvalue weighted by Gasteiger charge is -2.15. The van der Waals surface area contributed by atoms with Gasteiger partial charge in [0.25, 0.3) is 0 Å². The molecule has 11 heteroatoms. The highest BCUT2D eigenvalue weighted by Crippen LogP contribution is 2.26. The molecule has 0 aromatic carbocycles. The zero-order valence-corrected chi connectivity index (χ0v) is 24.1. The van der Waals surface area contributed by atoms with Crippen LogP contribution in [0.2, 0.25) is 0 Å². The molecule has 0 atom stereocenters. The predicted octanol–water partition coefficient (Wildman–Crippen LogP) is -0.610. The molecule has 3 rings (SSSR count). The van der Waals surface area contributed by atoms with Crippen molar-refractivity contribution in [2.24, 2.45) is 0 Å². The standard InChI is InChI=1S/C13H16N2O3.C8H12O3.C5H7N2.CH4.HI/c1-4-18-12(16)10-9-7-5-6-8-15(9)14-11(10)13(2,3)17;1-4-11-7(9)5-6-8(2,3)10;6-7-4-2-1-3-5-7;;/h5-8,17H,4H2,1-3H3;10H,4H2,1-3H3;1-5H,6H2;1H4;1H/q;;+1;;/p-1. The number of nitrogens with two attached hydrogens (primary N) is 1. The minimum atomic E-state index is -1.20. The van der Waals surface area contributed by atoms with Crippen LogP contribution in [0.15, 0.2) is 55.0 Å². The summed E-state index contributed by atoms with van der Waals surface area (Å²) in [7, 11) is 0. The average Bonchev–Trinajstić information content (AvgIpc) is 3.20. The highest BCUT2D eigenvalue weighted by Gasteiger charge is 2.30. The van der Waals surface area contributed by atoms with E-state index in [9.17, 15) is 14.7 Å². The molecule has 0 aliphatic heterocycles. The van der Waals surface area contributed by atoms with Gasteiger partial charge >= 0.3 is 11.9 Å². The number of pyridine rings is 2. The number of rotatable bonds is 4. The smallest absolute Gasteiger partial charge is 0.384 e. The molecule has 3 heterocycles. The van der Waals surface area contributed by atoms with E-state index in [4.69, 9.17) is 15.7 Å². The summed E-state index contributed by atoms with van der Waals surface area (Å²) in [5, 5.41) is 23.4. The van der Waals surface area contributed by atoms with Crippen LogP contribution in [0.25, 0.3) is 5.52 Å². The van der Waals surface area contributed by atoms with Gasteiger partial charge in [-0.3, -0.25) is 0 Å². The van der Waals surface area contributed by atoms with Crippen LogP contribution in [-0.2, 0) is 19.9 Å². The van der Waals surface area contributed by atoms with Gasteiger partial charge in [-0.15, -0.1) is 0 Å². The summed E-state index contributed by atoms with van der Waals surface area (Å²) in [5.74, 6) is 8.71. The molecule has 0 fully saturated rings. The van der Waals surface area contributed by atoms with Crippen molar-refractivity contribution in [1.29, 1.82) is 0 Å². The van der Waals surface area contributed by atoms with Gasteiger partial charge in [-0.2, -0.15) is 5.10 Å². The molecule has 0 aliphatic rings. The van der Waals surface area contributed by atoms with E-state index in [0.29, 0.717) is 23.4 Å². The van der Waals surface area contributed by atoms with Crippen LogP contribution in [-0.4, -0.2) is 50.6 Å². The van der Waals surface area contributed by atoms with Gasteiger partial charge < -0.3 is 43.7 Å². The van der Waals surface area contributed by atoms with Crippen LogP contribution in [0.3, 0.4) is 0 Å². The van der Waals surface area contributed by atoms with Gasteiger partial charge in [-0.25, -0.2) is 19.9 Å². The van der Waals surface area contributed by atoms with Crippen molar-refractivity contribution in [1.82, 2.24) is 9.61 Å². The third-order valence-electron chi connectivity index (χ3n) is 4.08. The van der Waals surface area contributed by atoms with Crippen LogP contribution in [0.4, 0.5) is 0 Å². The molecule has 0 bridgehead atoms. The Labute approximate surface area is 241 Å². The van der Waals surface area contributed by atoms with E-state index in [0.717, 1.165) is 0 Å². The van der Waals surface area contributed by atoms with Crippen LogP contribution in [0.5, 0.6) is 0 Å². The SMILES string of the molecule is C.CCOC(=O)C#CC(C)(C)O.CCOC(=O)c1c(C(C)(C)O)nn2ccccc12.N[n+]1ccccc1.[I-]. The molecule has 0 radical (unpaired) electrons. The number of esters is 2. The maximum Gasteiger partial charge on any atom is 0.384 e. The van der Waals surface area contributed by atoms with E-state index in [1.807, 2.05) is 30.3 Å². The van der Waals surface area contributed by atoms with Crippen molar-refractivity contribution in [3.05, 3.63) is 66.2 Å². The molecule has 0 unspecified atom stereocenters. The quantitative estimate of drug-likeness (QED) is 0.0856. The summed E-state index contributed by atoms with van der Waals surface area (Å²) in [6.07, 6.45) is 5.29. The number of nitrogens with zero attached hydrogens (tertiary/aromatic N) is 3. The Morgan fingerprint density at radius 1 is 1.03 bits per heavy atom. The zero-order valence-electron chi connectivity index (χ0n) is 21.9. The number of hydrogen-bond donors (Lipinski definition) is 3. The highest BCUT2D eigenvalue weighted by atomic mass is 127. The van der Waals surface area contributed by atoms with E-state index in [1.54, 1.807) is 56.9 Å². The van der Waals surface area contributed by atoms with Crippen molar-refractivity contribution in [3.63, 3.8) is 0 Å². The summed E-state index contributed by atoms with van der Waals surface area (Å²) in [4.78, 5) is 22.6. The fourth-order valence-electron chi connectivity index (χ4n) is 2.61. The number of halogens is 1. The number of nitrogen functional groups attached to an aromatic ring is 1. The molecule has 0 saturated carbocycles. The number of hydrogen-bond acceptors (Lipinski definition) is 8. The monoisotopic (exact) mass is 642 g/mol. The van der Waals surface area contributed by atoms with Crippen molar-refractivity contribution in [3.8, 4) is 11.8 Å². The molecular formula is C27H39IN4O6. The highest BCUT2D eigenvalue weighted by molar-refractivity contribution is 5.98. The first-order chi connectivity index (χ1) is 16.8. The topological polar surface area (TPSA) is 140 Å². The van der Waals surface area contributed by atoms with Gasteiger partial charge in [-0.05, 0) is 53.7 Å². The molecular weight excluding hydrogens is 603 g/mol. The average molecular weight is 643 g/mol. The maximum absolute atomic E-state index is 12.0. The number of carbonyl (C=O) groups is 2. The third kappa shape index (κ3) is 13.4. The Morgan fingerprint density at radius 2 is 1.61 bits per heavy atom. The molecule has 3 aromatic rings. The maximum atomic E-state index is 12.0. The van der Waals surface area contributed by atoms with E-state index >= 15 is 0 Å². The number of ether oxygens (including phenoxy) is 2. The number of carbonyl (C=O) groups excluding carboxylic acids is 2. The third-order valence-corrected chi connectivity index (χ3v) is 4.08. The van der Waals surface area contributed by atoms with Gasteiger partial charge in [-0.1, -0.05) is 30.2 Å². The molecule has 0 aliphatic carbocycles. The first-order valence-corrected chi connectivity index (χ1v) is 11.3. The number of aliphatic hydroxyl groups is 2. The Balaban J connectivity index is 0. The number of aromatic nitrogens is 3. The second kappa shape index (κ2) is 17.3. The van der Waals surface area contributed by atoms with Gasteiger partial charge in [0.2, 0.25) is 0 Å². The lowest BCUT2D eigenvalue weighted by atomic mass is 10.0. The first-order valence-electron chi connectivity index (χ1n) is 11.3. The summed E-state index contributed by atoms with van der Waals surface area (Å²) < 4.78 is 12.6. The fraction of sp³-hybridized carbons (Fsp3) is 0.407. The van der Waals surface area contributed by atoms with Gasteiger partial charge in [0.15, 0.2) is 12.4 Å². The summed E-state index contributed by atoms with van der Waals surface area (Å²) in [6.45, 7) is 10.2. The van der Waals surface area contributed by atoms with Gasteiger partial charge in [0, 0.05) is 24.3 Å². The van der Waals surface area contributed by atoms with E-state index < -0.39 is 23.1 Å². The Hall–Kier alpha value is -3.21. The Bertz CT molecular complexity index is 1190. The second-order valence-electron chi connectivity index (χ2n) is 8.39. The molecule has 0 spiro atoms. The van der Waals surface area contributed by atoms with Crippen LogP contribution < -0.4 is 34.5 Å². The van der Waals surface area contributed by atoms with E-state index in [1.165, 1.54) is 18.5 Å². The van der Waals surface area contributed by atoms with Crippen molar-refractivity contribution in [2.45, 2.75) is 60.2 Å². The fourth-order valence-corrected chi connectivity index (χ4v) is 2.61.